The maximum absolute atomic E-state index is 14.7. The minimum absolute atomic E-state index is 0.0488. The van der Waals surface area contributed by atoms with Gasteiger partial charge in [-0.25, -0.2) is 4.39 Å². The molecule has 0 spiro atoms. The van der Waals surface area contributed by atoms with Crippen LogP contribution in [0.2, 0.25) is 0 Å². The molecule has 0 aromatic heterocycles. The van der Waals surface area contributed by atoms with Gasteiger partial charge in [0.2, 0.25) is 17.7 Å². The number of benzene rings is 2. The third kappa shape index (κ3) is 6.37. The lowest BCUT2D eigenvalue weighted by Gasteiger charge is -2.42. The highest BCUT2D eigenvalue weighted by Gasteiger charge is 2.43. The SMILES string of the molecule is CC(=O)N1CC(CC(=O)N2C[C@H](F)C[C@H]2C(=O)N[C@@H](c2ccccc2)c2ccc(C(C)C)cc2)OC2=CC=CCC21. The fourth-order valence-corrected chi connectivity index (χ4v) is 5.96. The van der Waals surface area contributed by atoms with Crippen molar-refractivity contribution >= 4 is 17.7 Å². The van der Waals surface area contributed by atoms with Crippen LogP contribution in [0.4, 0.5) is 4.39 Å². The molecule has 0 radical (unpaired) electrons. The average molecular weight is 560 g/mol. The van der Waals surface area contributed by atoms with E-state index >= 15 is 0 Å². The van der Waals surface area contributed by atoms with Gasteiger partial charge in [-0.1, -0.05) is 80.6 Å². The molecule has 0 bridgehead atoms. The molecule has 2 saturated heterocycles. The van der Waals surface area contributed by atoms with Gasteiger partial charge in [0.1, 0.15) is 24.1 Å². The molecule has 2 fully saturated rings. The van der Waals surface area contributed by atoms with Crippen molar-refractivity contribution in [3.8, 4) is 0 Å². The van der Waals surface area contributed by atoms with E-state index in [0.29, 0.717) is 18.1 Å². The third-order valence-electron chi connectivity index (χ3n) is 8.20. The van der Waals surface area contributed by atoms with Gasteiger partial charge in [0.25, 0.3) is 0 Å². The predicted octanol–water partition coefficient (Wildman–Crippen LogP) is 4.80. The quantitative estimate of drug-likeness (QED) is 0.529. The number of rotatable bonds is 7. The monoisotopic (exact) mass is 559 g/mol. The van der Waals surface area contributed by atoms with Crippen molar-refractivity contribution in [3.63, 3.8) is 0 Å². The summed E-state index contributed by atoms with van der Waals surface area (Å²) in [5, 5.41) is 3.11. The number of likely N-dealkylation sites (tertiary alicyclic amines) is 1. The molecule has 2 aliphatic heterocycles. The average Bonchev–Trinajstić information content (AvgIpc) is 3.37. The summed E-state index contributed by atoms with van der Waals surface area (Å²) in [7, 11) is 0. The second-order valence-corrected chi connectivity index (χ2v) is 11.4. The van der Waals surface area contributed by atoms with Gasteiger partial charge in [0, 0.05) is 13.3 Å². The largest absolute Gasteiger partial charge is 0.490 e. The van der Waals surface area contributed by atoms with Gasteiger partial charge in [-0.3, -0.25) is 14.4 Å². The van der Waals surface area contributed by atoms with E-state index in [9.17, 15) is 18.8 Å². The fraction of sp³-hybridized carbons (Fsp3) is 0.424. The number of ether oxygens (including phenoxy) is 1. The van der Waals surface area contributed by atoms with E-state index in [1.807, 2.05) is 60.7 Å². The van der Waals surface area contributed by atoms with Crippen molar-refractivity contribution in [2.75, 3.05) is 13.1 Å². The van der Waals surface area contributed by atoms with Crippen LogP contribution in [0, 0.1) is 0 Å². The number of nitrogens with one attached hydrogen (secondary N) is 1. The molecule has 7 nitrogen and oxygen atoms in total. The van der Waals surface area contributed by atoms with Crippen molar-refractivity contribution < 1.29 is 23.5 Å². The number of amides is 3. The first-order valence-corrected chi connectivity index (χ1v) is 14.4. The van der Waals surface area contributed by atoms with Gasteiger partial charge in [-0.05, 0) is 35.1 Å². The normalized spacial score (nSPS) is 24.4. The lowest BCUT2D eigenvalue weighted by molar-refractivity contribution is -0.145. The molecule has 216 valence electrons. The predicted molar refractivity (Wildman–Crippen MR) is 154 cm³/mol. The Kier molecular flexibility index (Phi) is 8.57. The summed E-state index contributed by atoms with van der Waals surface area (Å²) in [6.07, 6.45) is 4.36. The molecule has 8 heteroatoms. The molecule has 2 heterocycles. The smallest absolute Gasteiger partial charge is 0.243 e. The molecule has 41 heavy (non-hydrogen) atoms. The first kappa shape index (κ1) is 28.6. The molecular formula is C33H38FN3O4. The fourth-order valence-electron chi connectivity index (χ4n) is 5.96. The topological polar surface area (TPSA) is 79.0 Å². The molecule has 2 aromatic carbocycles. The summed E-state index contributed by atoms with van der Waals surface area (Å²) < 4.78 is 20.8. The van der Waals surface area contributed by atoms with Gasteiger partial charge in [0.15, 0.2) is 0 Å². The molecule has 0 saturated carbocycles. The second-order valence-electron chi connectivity index (χ2n) is 11.4. The standard InChI is InChI=1S/C33H38FN3O4/c1-21(2)23-13-15-25(16-14-23)32(24-9-5-4-6-10-24)35-33(40)29-17-26(34)19-37(29)31(39)18-27-20-36(22(3)38)28-11-7-8-12-30(28)41-27/h4-10,12-16,21,26-29,32H,11,17-20H2,1-3H3,(H,35,40)/t26-,27?,28?,29+,32+/m1/s1. The highest BCUT2D eigenvalue weighted by molar-refractivity contribution is 5.89. The number of fused-ring (bicyclic) bond motifs is 1. The molecule has 3 amide bonds. The van der Waals surface area contributed by atoms with E-state index in [0.717, 1.165) is 11.1 Å². The molecule has 5 rings (SSSR count). The van der Waals surface area contributed by atoms with Crippen molar-refractivity contribution in [3.05, 3.63) is 95.3 Å². The summed E-state index contributed by atoms with van der Waals surface area (Å²) in [6.45, 7) is 5.88. The summed E-state index contributed by atoms with van der Waals surface area (Å²) in [4.78, 5) is 42.6. The third-order valence-corrected chi connectivity index (χ3v) is 8.20. The van der Waals surface area contributed by atoms with Crippen LogP contribution in [0.25, 0.3) is 0 Å². The number of allylic oxidation sites excluding steroid dienone is 2. The lowest BCUT2D eigenvalue weighted by atomic mass is 9.95. The Bertz CT molecular complexity index is 1320. The van der Waals surface area contributed by atoms with Crippen molar-refractivity contribution in [2.45, 2.75) is 76.4 Å². The zero-order valence-electron chi connectivity index (χ0n) is 23.8. The van der Waals surface area contributed by atoms with E-state index < -0.39 is 30.3 Å². The summed E-state index contributed by atoms with van der Waals surface area (Å²) in [5.74, 6) is 0.186. The van der Waals surface area contributed by atoms with Gasteiger partial charge in [-0.2, -0.15) is 0 Å². The number of hydrogen-bond acceptors (Lipinski definition) is 4. The van der Waals surface area contributed by atoms with Crippen molar-refractivity contribution in [1.29, 1.82) is 0 Å². The molecule has 2 aromatic rings. The summed E-state index contributed by atoms with van der Waals surface area (Å²) in [6, 6.07) is 16.2. The van der Waals surface area contributed by atoms with Crippen LogP contribution in [0.3, 0.4) is 0 Å². The van der Waals surface area contributed by atoms with E-state index in [-0.39, 0.29) is 43.8 Å². The molecular weight excluding hydrogens is 521 g/mol. The highest BCUT2D eigenvalue weighted by Crippen LogP contribution is 2.31. The Hall–Kier alpha value is -3.94. The number of morpholine rings is 1. The minimum Gasteiger partial charge on any atom is -0.490 e. The second kappa shape index (κ2) is 12.3. The number of nitrogens with zero attached hydrogens (tertiary/aromatic N) is 2. The highest BCUT2D eigenvalue weighted by atomic mass is 19.1. The van der Waals surface area contributed by atoms with Gasteiger partial charge >= 0.3 is 0 Å². The van der Waals surface area contributed by atoms with E-state index in [2.05, 4.69) is 31.3 Å². The van der Waals surface area contributed by atoms with Gasteiger partial charge in [0.05, 0.1) is 31.6 Å². The molecule has 2 unspecified atom stereocenters. The minimum atomic E-state index is -1.30. The van der Waals surface area contributed by atoms with E-state index in [4.69, 9.17) is 4.74 Å². The molecule has 5 atom stereocenters. The van der Waals surface area contributed by atoms with Crippen molar-refractivity contribution in [1.82, 2.24) is 15.1 Å². The zero-order valence-corrected chi connectivity index (χ0v) is 23.8. The molecule has 1 N–H and O–H groups in total. The maximum atomic E-state index is 14.7. The van der Waals surface area contributed by atoms with Crippen LogP contribution in [-0.4, -0.2) is 65.0 Å². The van der Waals surface area contributed by atoms with Gasteiger partial charge < -0.3 is 19.9 Å². The summed E-state index contributed by atoms with van der Waals surface area (Å²) >= 11 is 0. The number of halogens is 1. The number of carbonyl (C=O) groups excluding carboxylic acids is 3. The van der Waals surface area contributed by atoms with Crippen molar-refractivity contribution in [2.24, 2.45) is 0 Å². The summed E-state index contributed by atoms with van der Waals surface area (Å²) in [5.41, 5.74) is 3.00. The van der Waals surface area contributed by atoms with Crippen LogP contribution < -0.4 is 5.32 Å². The Morgan fingerprint density at radius 2 is 1.66 bits per heavy atom. The number of carbonyl (C=O) groups is 3. The Morgan fingerprint density at radius 3 is 2.34 bits per heavy atom. The van der Waals surface area contributed by atoms with Crippen LogP contribution in [0.1, 0.15) is 68.7 Å². The van der Waals surface area contributed by atoms with Crippen LogP contribution in [0.5, 0.6) is 0 Å². The first-order chi connectivity index (χ1) is 19.7. The van der Waals surface area contributed by atoms with Gasteiger partial charge in [-0.15, -0.1) is 0 Å². The first-order valence-electron chi connectivity index (χ1n) is 14.4. The maximum Gasteiger partial charge on any atom is 0.243 e. The number of alkyl halides is 1. The van der Waals surface area contributed by atoms with Crippen LogP contribution in [-0.2, 0) is 19.1 Å². The van der Waals surface area contributed by atoms with E-state index in [1.54, 1.807) is 4.90 Å². The zero-order chi connectivity index (χ0) is 29.1. The van der Waals surface area contributed by atoms with Crippen LogP contribution in [0.15, 0.2) is 78.6 Å². The Balaban J connectivity index is 1.32. The van der Waals surface area contributed by atoms with Crippen LogP contribution >= 0.6 is 0 Å². The van der Waals surface area contributed by atoms with E-state index in [1.165, 1.54) is 17.4 Å². The molecule has 1 aliphatic carbocycles. The lowest BCUT2D eigenvalue weighted by Crippen LogP contribution is -2.53. The Labute approximate surface area is 241 Å². The molecule has 3 aliphatic rings. The number of hydrogen-bond donors (Lipinski definition) is 1. The Morgan fingerprint density at radius 1 is 0.976 bits per heavy atom.